The second kappa shape index (κ2) is 10.4. The van der Waals surface area contributed by atoms with Gasteiger partial charge in [-0.25, -0.2) is 9.07 Å². The third-order valence-electron chi connectivity index (χ3n) is 6.28. The van der Waals surface area contributed by atoms with E-state index in [0.717, 1.165) is 30.5 Å². The Hall–Kier alpha value is -2.85. The summed E-state index contributed by atoms with van der Waals surface area (Å²) in [7, 11) is 0. The number of piperidine rings is 1. The van der Waals surface area contributed by atoms with E-state index in [2.05, 4.69) is 47.3 Å². The molecule has 4 aromatic rings. The number of nitrogens with zero attached hydrogens (tertiary/aromatic N) is 6. The SMILES string of the molecule is O=C(c1cnn(Cc2ccccc2)c1Br)N1CCC(Cc2cn(-c3ccc(Br)cc3F)nn2)CC1. The van der Waals surface area contributed by atoms with Gasteiger partial charge in [0, 0.05) is 17.6 Å². The molecule has 0 aliphatic carbocycles. The van der Waals surface area contributed by atoms with Gasteiger partial charge < -0.3 is 4.90 Å². The Morgan fingerprint density at radius 1 is 1.09 bits per heavy atom. The lowest BCUT2D eigenvalue weighted by molar-refractivity contribution is 0.0689. The predicted octanol–water partition coefficient (Wildman–Crippen LogP) is 5.27. The molecule has 1 fully saturated rings. The number of carbonyl (C=O) groups excluding carboxylic acids is 1. The molecule has 0 unspecified atom stereocenters. The van der Waals surface area contributed by atoms with E-state index in [-0.39, 0.29) is 11.7 Å². The molecule has 3 heterocycles. The van der Waals surface area contributed by atoms with Gasteiger partial charge in [-0.05, 0) is 64.9 Å². The van der Waals surface area contributed by atoms with E-state index >= 15 is 0 Å². The summed E-state index contributed by atoms with van der Waals surface area (Å²) in [6.45, 7) is 1.95. The molecule has 180 valence electrons. The van der Waals surface area contributed by atoms with Crippen LogP contribution in [0, 0.1) is 11.7 Å². The van der Waals surface area contributed by atoms with Crippen LogP contribution in [0.3, 0.4) is 0 Å². The monoisotopic (exact) mass is 600 g/mol. The fraction of sp³-hybridized carbons (Fsp3) is 0.280. The number of rotatable bonds is 6. The number of likely N-dealkylation sites (tertiary alicyclic amines) is 1. The molecule has 0 atom stereocenters. The maximum atomic E-state index is 14.2. The van der Waals surface area contributed by atoms with Crippen molar-refractivity contribution in [1.82, 2.24) is 29.7 Å². The first-order valence-corrected chi connectivity index (χ1v) is 13.0. The summed E-state index contributed by atoms with van der Waals surface area (Å²) in [4.78, 5) is 15.0. The Kier molecular flexibility index (Phi) is 7.10. The summed E-state index contributed by atoms with van der Waals surface area (Å²) in [5, 5.41) is 12.7. The highest BCUT2D eigenvalue weighted by atomic mass is 79.9. The maximum absolute atomic E-state index is 14.2. The number of hydrogen-bond acceptors (Lipinski definition) is 4. The van der Waals surface area contributed by atoms with Gasteiger partial charge in [-0.3, -0.25) is 9.48 Å². The number of benzene rings is 2. The highest BCUT2D eigenvalue weighted by molar-refractivity contribution is 9.10. The first kappa shape index (κ1) is 23.9. The van der Waals surface area contributed by atoms with Crippen molar-refractivity contribution in [1.29, 1.82) is 0 Å². The van der Waals surface area contributed by atoms with Crippen LogP contribution in [0.25, 0.3) is 5.69 Å². The maximum Gasteiger partial charge on any atom is 0.258 e. The van der Waals surface area contributed by atoms with Crippen molar-refractivity contribution in [2.75, 3.05) is 13.1 Å². The fourth-order valence-corrected chi connectivity index (χ4v) is 5.19. The van der Waals surface area contributed by atoms with Gasteiger partial charge in [0.15, 0.2) is 0 Å². The topological polar surface area (TPSA) is 68.8 Å². The van der Waals surface area contributed by atoms with Crippen LogP contribution in [0.5, 0.6) is 0 Å². The van der Waals surface area contributed by atoms with Crippen molar-refractivity contribution in [3.8, 4) is 5.69 Å². The first-order valence-electron chi connectivity index (χ1n) is 11.4. The van der Waals surface area contributed by atoms with Gasteiger partial charge in [-0.2, -0.15) is 5.10 Å². The van der Waals surface area contributed by atoms with Crippen molar-refractivity contribution in [2.24, 2.45) is 5.92 Å². The fourth-order valence-electron chi connectivity index (χ4n) is 4.36. The molecule has 2 aromatic heterocycles. The molecule has 0 N–H and O–H groups in total. The lowest BCUT2D eigenvalue weighted by Crippen LogP contribution is -2.39. The summed E-state index contributed by atoms with van der Waals surface area (Å²) in [6.07, 6.45) is 5.92. The summed E-state index contributed by atoms with van der Waals surface area (Å²) in [5.41, 5.74) is 2.89. The molecule has 7 nitrogen and oxygen atoms in total. The quantitative estimate of drug-likeness (QED) is 0.302. The van der Waals surface area contributed by atoms with E-state index in [0.29, 0.717) is 45.9 Å². The second-order valence-corrected chi connectivity index (χ2v) is 10.3. The number of amides is 1. The summed E-state index contributed by atoms with van der Waals surface area (Å²) in [5.74, 6) is 0.0235. The number of hydrogen-bond donors (Lipinski definition) is 0. The van der Waals surface area contributed by atoms with Crippen LogP contribution in [0.2, 0.25) is 0 Å². The van der Waals surface area contributed by atoms with Crippen molar-refractivity contribution in [3.63, 3.8) is 0 Å². The molecule has 1 aliphatic rings. The standard InChI is InChI=1S/C25H23Br2FN6O/c26-19-6-7-23(22(28)13-19)33-16-20(30-31-33)12-17-8-10-32(11-9-17)25(35)21-14-29-34(24(21)27)15-18-4-2-1-3-5-18/h1-7,13-14,16-17H,8-12,15H2. The van der Waals surface area contributed by atoms with Gasteiger partial charge in [0.2, 0.25) is 0 Å². The lowest BCUT2D eigenvalue weighted by atomic mass is 9.92. The number of carbonyl (C=O) groups is 1. The van der Waals surface area contributed by atoms with E-state index in [1.165, 1.54) is 10.7 Å². The molecule has 1 saturated heterocycles. The minimum Gasteiger partial charge on any atom is -0.338 e. The van der Waals surface area contributed by atoms with E-state index in [9.17, 15) is 9.18 Å². The average molecular weight is 602 g/mol. The Morgan fingerprint density at radius 3 is 2.60 bits per heavy atom. The van der Waals surface area contributed by atoms with Crippen molar-refractivity contribution < 1.29 is 9.18 Å². The minimum absolute atomic E-state index is 0.00806. The zero-order valence-electron chi connectivity index (χ0n) is 18.8. The Morgan fingerprint density at radius 2 is 1.86 bits per heavy atom. The Bertz CT molecular complexity index is 1330. The van der Waals surface area contributed by atoms with Gasteiger partial charge in [0.25, 0.3) is 5.91 Å². The van der Waals surface area contributed by atoms with E-state index < -0.39 is 0 Å². The van der Waals surface area contributed by atoms with E-state index in [1.807, 2.05) is 35.2 Å². The third-order valence-corrected chi connectivity index (χ3v) is 7.61. The van der Waals surface area contributed by atoms with Crippen LogP contribution in [-0.2, 0) is 13.0 Å². The normalized spacial score (nSPS) is 14.4. The molecule has 0 saturated carbocycles. The van der Waals surface area contributed by atoms with Crippen LogP contribution in [0.1, 0.15) is 34.5 Å². The van der Waals surface area contributed by atoms with Crippen LogP contribution < -0.4 is 0 Å². The molecule has 0 bridgehead atoms. The highest BCUT2D eigenvalue weighted by Gasteiger charge is 2.27. The molecule has 0 spiro atoms. The molecule has 2 aromatic carbocycles. The molecule has 5 rings (SSSR count). The molecular formula is C25H23Br2FN6O. The zero-order chi connectivity index (χ0) is 24.4. The molecule has 0 radical (unpaired) electrons. The molecule has 35 heavy (non-hydrogen) atoms. The molecular weight excluding hydrogens is 579 g/mol. The van der Waals surface area contributed by atoms with Gasteiger partial charge in [-0.15, -0.1) is 5.10 Å². The Labute approximate surface area is 219 Å². The van der Waals surface area contributed by atoms with Gasteiger partial charge in [-0.1, -0.05) is 51.5 Å². The molecule has 10 heteroatoms. The van der Waals surface area contributed by atoms with Crippen molar-refractivity contribution in [3.05, 3.63) is 92.6 Å². The minimum atomic E-state index is -0.360. The summed E-state index contributed by atoms with van der Waals surface area (Å²) >= 11 is 6.84. The molecule has 1 aliphatic heterocycles. The first-order chi connectivity index (χ1) is 17.0. The van der Waals surface area contributed by atoms with Gasteiger partial charge in [0.05, 0.1) is 30.2 Å². The number of aromatic nitrogens is 5. The lowest BCUT2D eigenvalue weighted by Gasteiger charge is -2.31. The zero-order valence-corrected chi connectivity index (χ0v) is 22.0. The number of halogens is 3. The van der Waals surface area contributed by atoms with E-state index in [4.69, 9.17) is 0 Å². The highest BCUT2D eigenvalue weighted by Crippen LogP contribution is 2.26. The Balaban J connectivity index is 1.17. The smallest absolute Gasteiger partial charge is 0.258 e. The summed E-state index contributed by atoms with van der Waals surface area (Å²) in [6, 6.07) is 14.9. The van der Waals surface area contributed by atoms with Crippen molar-refractivity contribution in [2.45, 2.75) is 25.8 Å². The van der Waals surface area contributed by atoms with Crippen molar-refractivity contribution >= 4 is 37.8 Å². The predicted molar refractivity (Wildman–Crippen MR) is 137 cm³/mol. The van der Waals surface area contributed by atoms with Crippen LogP contribution in [-0.4, -0.2) is 48.7 Å². The second-order valence-electron chi connectivity index (χ2n) is 8.68. The van der Waals surface area contributed by atoms with Gasteiger partial charge in [0.1, 0.15) is 16.1 Å². The van der Waals surface area contributed by atoms with E-state index in [1.54, 1.807) is 29.2 Å². The van der Waals surface area contributed by atoms with Crippen LogP contribution in [0.4, 0.5) is 4.39 Å². The molecule has 1 amide bonds. The third kappa shape index (κ3) is 5.38. The van der Waals surface area contributed by atoms with Crippen LogP contribution in [0.15, 0.2) is 70.0 Å². The van der Waals surface area contributed by atoms with Crippen LogP contribution >= 0.6 is 31.9 Å². The largest absolute Gasteiger partial charge is 0.338 e. The van der Waals surface area contributed by atoms with Gasteiger partial charge >= 0.3 is 0 Å². The summed E-state index contributed by atoms with van der Waals surface area (Å²) < 4.78 is 18.9. The average Bonchev–Trinajstić information content (AvgIpc) is 3.46.